The minimum absolute atomic E-state index is 0.311. The van der Waals surface area contributed by atoms with E-state index in [2.05, 4.69) is 5.32 Å². The van der Waals surface area contributed by atoms with Crippen LogP contribution in [0.4, 0.5) is 4.39 Å². The lowest BCUT2D eigenvalue weighted by atomic mass is 10.1. The van der Waals surface area contributed by atoms with Crippen molar-refractivity contribution in [2.75, 3.05) is 34.5 Å². The van der Waals surface area contributed by atoms with Gasteiger partial charge in [-0.25, -0.2) is 9.18 Å². The lowest BCUT2D eigenvalue weighted by molar-refractivity contribution is -0.143. The number of methoxy groups -OCH3 is 3. The first kappa shape index (κ1) is 22.7. The molecule has 0 bridgehead atoms. The normalized spacial score (nSPS) is 10.5. The van der Waals surface area contributed by atoms with Gasteiger partial charge in [0.2, 0.25) is 5.75 Å². The van der Waals surface area contributed by atoms with Crippen molar-refractivity contribution in [2.45, 2.75) is 6.42 Å². The Morgan fingerprint density at radius 2 is 1.63 bits per heavy atom. The zero-order valence-electron chi connectivity index (χ0n) is 17.1. The van der Waals surface area contributed by atoms with Gasteiger partial charge in [0, 0.05) is 12.6 Å². The van der Waals surface area contributed by atoms with E-state index in [-0.39, 0.29) is 5.82 Å². The molecule has 160 valence electrons. The molecule has 0 heterocycles. The summed E-state index contributed by atoms with van der Waals surface area (Å²) in [5.41, 5.74) is 1.52. The maximum absolute atomic E-state index is 12.9. The van der Waals surface area contributed by atoms with Crippen molar-refractivity contribution in [1.29, 1.82) is 0 Å². The second-order valence-electron chi connectivity index (χ2n) is 6.13. The molecular formula is C22H24FNO6. The third kappa shape index (κ3) is 6.80. The van der Waals surface area contributed by atoms with Crippen molar-refractivity contribution >= 4 is 18.0 Å². The third-order valence-electron chi connectivity index (χ3n) is 4.09. The van der Waals surface area contributed by atoms with Gasteiger partial charge in [-0.05, 0) is 47.9 Å². The lowest BCUT2D eigenvalue weighted by Gasteiger charge is -2.12. The van der Waals surface area contributed by atoms with Crippen LogP contribution < -0.4 is 19.5 Å². The fourth-order valence-corrected chi connectivity index (χ4v) is 2.60. The van der Waals surface area contributed by atoms with E-state index in [1.54, 1.807) is 24.3 Å². The van der Waals surface area contributed by atoms with Crippen molar-refractivity contribution in [3.8, 4) is 17.2 Å². The van der Waals surface area contributed by atoms with Gasteiger partial charge in [-0.15, -0.1) is 0 Å². The third-order valence-corrected chi connectivity index (χ3v) is 4.09. The van der Waals surface area contributed by atoms with Crippen LogP contribution in [0.1, 0.15) is 11.1 Å². The zero-order valence-corrected chi connectivity index (χ0v) is 17.1. The van der Waals surface area contributed by atoms with Crippen LogP contribution in [0.15, 0.2) is 42.5 Å². The largest absolute Gasteiger partial charge is 0.493 e. The van der Waals surface area contributed by atoms with Crippen LogP contribution in [0, 0.1) is 5.82 Å². The van der Waals surface area contributed by atoms with Crippen molar-refractivity contribution < 1.29 is 32.9 Å². The van der Waals surface area contributed by atoms with E-state index < -0.39 is 18.5 Å². The molecule has 0 fully saturated rings. The molecule has 0 aromatic heterocycles. The summed E-state index contributed by atoms with van der Waals surface area (Å²) in [7, 11) is 4.49. The van der Waals surface area contributed by atoms with Gasteiger partial charge in [0.1, 0.15) is 5.82 Å². The summed E-state index contributed by atoms with van der Waals surface area (Å²) in [4.78, 5) is 23.7. The highest BCUT2D eigenvalue weighted by atomic mass is 19.1. The van der Waals surface area contributed by atoms with Crippen LogP contribution in [0.2, 0.25) is 0 Å². The van der Waals surface area contributed by atoms with E-state index in [0.717, 1.165) is 5.56 Å². The predicted octanol–water partition coefficient (Wildman–Crippen LogP) is 2.77. The summed E-state index contributed by atoms with van der Waals surface area (Å²) in [6, 6.07) is 9.37. The van der Waals surface area contributed by atoms with Gasteiger partial charge in [-0.3, -0.25) is 4.79 Å². The van der Waals surface area contributed by atoms with Crippen LogP contribution >= 0.6 is 0 Å². The Kier molecular flexibility index (Phi) is 8.68. The Bertz CT molecular complexity index is 870. The molecule has 0 radical (unpaired) electrons. The summed E-state index contributed by atoms with van der Waals surface area (Å²) >= 11 is 0. The number of rotatable bonds is 10. The number of esters is 1. The molecule has 1 N–H and O–H groups in total. The van der Waals surface area contributed by atoms with Gasteiger partial charge in [0.25, 0.3) is 5.91 Å². The summed E-state index contributed by atoms with van der Waals surface area (Å²) in [5, 5.41) is 2.64. The van der Waals surface area contributed by atoms with Crippen molar-refractivity contribution in [1.82, 2.24) is 5.32 Å². The summed E-state index contributed by atoms with van der Waals surface area (Å²) in [6.45, 7) is -0.0505. The highest BCUT2D eigenvalue weighted by Crippen LogP contribution is 2.38. The minimum atomic E-state index is -0.669. The van der Waals surface area contributed by atoms with Crippen molar-refractivity contribution in [3.05, 3.63) is 59.4 Å². The number of benzene rings is 2. The fraction of sp³-hybridized carbons (Fsp3) is 0.273. The molecule has 0 aliphatic rings. The van der Waals surface area contributed by atoms with E-state index in [4.69, 9.17) is 18.9 Å². The number of halogens is 1. The summed E-state index contributed by atoms with van der Waals surface area (Å²) in [6.07, 6.45) is 3.26. The zero-order chi connectivity index (χ0) is 21.9. The van der Waals surface area contributed by atoms with Gasteiger partial charge in [0.15, 0.2) is 18.1 Å². The Balaban J connectivity index is 1.81. The van der Waals surface area contributed by atoms with Crippen LogP contribution in [0.3, 0.4) is 0 Å². The molecule has 0 aliphatic heterocycles. The fourth-order valence-electron chi connectivity index (χ4n) is 2.60. The van der Waals surface area contributed by atoms with E-state index in [9.17, 15) is 14.0 Å². The Morgan fingerprint density at radius 3 is 2.20 bits per heavy atom. The maximum atomic E-state index is 12.9. The molecule has 0 saturated heterocycles. The minimum Gasteiger partial charge on any atom is -0.493 e. The van der Waals surface area contributed by atoms with Gasteiger partial charge >= 0.3 is 5.97 Å². The number of hydrogen-bond acceptors (Lipinski definition) is 6. The van der Waals surface area contributed by atoms with E-state index in [0.29, 0.717) is 35.8 Å². The molecule has 0 atom stereocenters. The number of carbonyl (C=O) groups excluding carboxylic acids is 2. The summed E-state index contributed by atoms with van der Waals surface area (Å²) < 4.78 is 33.5. The average Bonchev–Trinajstić information content (AvgIpc) is 2.76. The van der Waals surface area contributed by atoms with Gasteiger partial charge in [-0.1, -0.05) is 12.1 Å². The number of ether oxygens (including phenoxy) is 4. The van der Waals surface area contributed by atoms with Crippen molar-refractivity contribution in [3.63, 3.8) is 0 Å². The molecule has 2 aromatic rings. The number of nitrogens with one attached hydrogen (secondary N) is 1. The predicted molar refractivity (Wildman–Crippen MR) is 109 cm³/mol. The second-order valence-corrected chi connectivity index (χ2v) is 6.13. The first-order valence-electron chi connectivity index (χ1n) is 9.12. The molecule has 0 aliphatic carbocycles. The second kappa shape index (κ2) is 11.5. The van der Waals surface area contributed by atoms with Gasteiger partial charge in [-0.2, -0.15) is 0 Å². The maximum Gasteiger partial charge on any atom is 0.331 e. The molecular weight excluding hydrogens is 393 g/mol. The highest BCUT2D eigenvalue weighted by Gasteiger charge is 2.12. The molecule has 2 aromatic carbocycles. The molecule has 0 unspecified atom stereocenters. The molecule has 8 heteroatoms. The summed E-state index contributed by atoms with van der Waals surface area (Å²) in [5.74, 6) is -0.0637. The molecule has 7 nitrogen and oxygen atoms in total. The monoisotopic (exact) mass is 417 g/mol. The van der Waals surface area contributed by atoms with Crippen LogP contribution in [0.25, 0.3) is 6.08 Å². The van der Waals surface area contributed by atoms with Gasteiger partial charge in [0.05, 0.1) is 21.3 Å². The molecule has 1 amide bonds. The molecule has 0 saturated carbocycles. The lowest BCUT2D eigenvalue weighted by Crippen LogP contribution is -2.30. The van der Waals surface area contributed by atoms with E-state index >= 15 is 0 Å². The number of carbonyl (C=O) groups is 2. The van der Waals surface area contributed by atoms with Crippen molar-refractivity contribution in [2.24, 2.45) is 0 Å². The smallest absolute Gasteiger partial charge is 0.331 e. The molecule has 2 rings (SSSR count). The SMILES string of the molecule is COc1cc(/C=C/C(=O)OCC(=O)NCCc2ccc(F)cc2)cc(OC)c1OC. The standard InChI is InChI=1S/C22H24FNO6/c1-27-18-12-16(13-19(28-2)22(18)29-3)6-9-21(26)30-14-20(25)24-11-10-15-4-7-17(23)8-5-15/h4-9,12-13H,10-11,14H2,1-3H3,(H,24,25)/b9-6+. The Hall–Kier alpha value is -3.55. The molecule has 0 spiro atoms. The average molecular weight is 417 g/mol. The van der Waals surface area contributed by atoms with E-state index in [1.165, 1.54) is 45.6 Å². The topological polar surface area (TPSA) is 83.1 Å². The van der Waals surface area contributed by atoms with Crippen LogP contribution in [-0.4, -0.2) is 46.4 Å². The quantitative estimate of drug-likeness (QED) is 0.473. The van der Waals surface area contributed by atoms with Crippen LogP contribution in [-0.2, 0) is 20.7 Å². The Morgan fingerprint density at radius 1 is 1.00 bits per heavy atom. The van der Waals surface area contributed by atoms with Gasteiger partial charge < -0.3 is 24.3 Å². The highest BCUT2D eigenvalue weighted by molar-refractivity contribution is 5.89. The molecule has 30 heavy (non-hydrogen) atoms. The Labute approximate surface area is 174 Å². The van der Waals surface area contributed by atoms with E-state index in [1.807, 2.05) is 0 Å². The number of hydrogen-bond donors (Lipinski definition) is 1. The number of amides is 1. The first-order chi connectivity index (χ1) is 14.5. The first-order valence-corrected chi connectivity index (χ1v) is 9.12. The van der Waals surface area contributed by atoms with Crippen LogP contribution in [0.5, 0.6) is 17.2 Å².